The highest BCUT2D eigenvalue weighted by atomic mass is 35.5. The first-order chi connectivity index (χ1) is 15.0. The van der Waals surface area contributed by atoms with Gasteiger partial charge in [-0.2, -0.15) is 0 Å². The number of carbonyl (C=O) groups excluding carboxylic acids is 2. The number of nitrogens with one attached hydrogen (secondary N) is 1. The average molecular weight is 434 g/mol. The molecular formula is C25H20ClNO4. The van der Waals surface area contributed by atoms with E-state index in [1.54, 1.807) is 30.3 Å². The number of hydrogen-bond acceptors (Lipinski definition) is 5. The number of hydrogen-bond donors (Lipinski definition) is 1. The van der Waals surface area contributed by atoms with Crippen LogP contribution >= 0.6 is 11.6 Å². The van der Waals surface area contributed by atoms with Crippen LogP contribution in [0.2, 0.25) is 5.02 Å². The van der Waals surface area contributed by atoms with E-state index in [9.17, 15) is 9.59 Å². The molecule has 1 heterocycles. The highest BCUT2D eigenvalue weighted by Gasteiger charge is 2.23. The molecule has 3 aromatic carbocycles. The van der Waals surface area contributed by atoms with Crippen LogP contribution in [0.4, 0.5) is 5.69 Å². The van der Waals surface area contributed by atoms with E-state index in [1.165, 1.54) is 13.2 Å². The lowest BCUT2D eigenvalue weighted by Gasteiger charge is -2.08. The van der Waals surface area contributed by atoms with E-state index in [-0.39, 0.29) is 23.9 Å². The van der Waals surface area contributed by atoms with Gasteiger partial charge in [0, 0.05) is 16.5 Å². The summed E-state index contributed by atoms with van der Waals surface area (Å²) in [6.45, 7) is 1.99. The maximum Gasteiger partial charge on any atom is 0.230 e. The fraction of sp³-hybridized carbons (Fsp3) is 0.120. The Kier molecular flexibility index (Phi) is 5.78. The SMILES string of the molecule is COc1ccc(C(=O)c2oc3ccccc3c2NCC(=O)c2ccc(C)cc2)cc1Cl. The maximum atomic E-state index is 13.2. The van der Waals surface area contributed by atoms with Crippen molar-refractivity contribution in [3.05, 3.63) is 94.2 Å². The molecule has 1 aromatic heterocycles. The van der Waals surface area contributed by atoms with Gasteiger partial charge in [0.05, 0.1) is 24.4 Å². The topological polar surface area (TPSA) is 68.5 Å². The summed E-state index contributed by atoms with van der Waals surface area (Å²) < 4.78 is 11.0. The van der Waals surface area contributed by atoms with E-state index in [1.807, 2.05) is 37.3 Å². The van der Waals surface area contributed by atoms with Gasteiger partial charge in [-0.05, 0) is 37.3 Å². The first kappa shape index (κ1) is 20.7. The quantitative estimate of drug-likeness (QED) is 0.366. The Morgan fingerprint density at radius 1 is 1.00 bits per heavy atom. The number of methoxy groups -OCH3 is 1. The molecule has 0 atom stereocenters. The van der Waals surface area contributed by atoms with Gasteiger partial charge in [0.2, 0.25) is 5.78 Å². The van der Waals surface area contributed by atoms with Crippen LogP contribution in [-0.4, -0.2) is 25.2 Å². The molecule has 0 spiro atoms. The van der Waals surface area contributed by atoms with Crippen molar-refractivity contribution < 1.29 is 18.7 Å². The van der Waals surface area contributed by atoms with E-state index in [0.29, 0.717) is 33.2 Å². The highest BCUT2D eigenvalue weighted by Crippen LogP contribution is 2.34. The van der Waals surface area contributed by atoms with Crippen molar-refractivity contribution in [2.75, 3.05) is 19.0 Å². The number of rotatable bonds is 7. The first-order valence-electron chi connectivity index (χ1n) is 9.71. The van der Waals surface area contributed by atoms with Crippen LogP contribution in [0.3, 0.4) is 0 Å². The van der Waals surface area contributed by atoms with E-state index in [0.717, 1.165) is 10.9 Å². The Balaban J connectivity index is 1.67. The lowest BCUT2D eigenvalue weighted by atomic mass is 10.1. The third-order valence-corrected chi connectivity index (χ3v) is 5.31. The molecule has 6 heteroatoms. The minimum atomic E-state index is -0.342. The molecule has 0 aliphatic carbocycles. The summed E-state index contributed by atoms with van der Waals surface area (Å²) in [4.78, 5) is 25.9. The van der Waals surface area contributed by atoms with Crippen molar-refractivity contribution in [2.45, 2.75) is 6.92 Å². The standard InChI is InChI=1S/C25H20ClNO4/c1-15-7-9-16(10-8-15)20(28)14-27-23-18-5-3-4-6-21(18)31-25(23)24(29)17-11-12-22(30-2)19(26)13-17/h3-13,27H,14H2,1-2H3. The molecule has 0 bridgehead atoms. The van der Waals surface area contributed by atoms with Crippen LogP contribution in [0.25, 0.3) is 11.0 Å². The van der Waals surface area contributed by atoms with Crippen molar-refractivity contribution in [1.29, 1.82) is 0 Å². The zero-order valence-electron chi connectivity index (χ0n) is 17.1. The molecule has 31 heavy (non-hydrogen) atoms. The van der Waals surface area contributed by atoms with E-state index in [2.05, 4.69) is 5.32 Å². The van der Waals surface area contributed by atoms with Crippen molar-refractivity contribution in [3.8, 4) is 5.75 Å². The second kappa shape index (κ2) is 8.66. The zero-order chi connectivity index (χ0) is 22.0. The molecule has 0 unspecified atom stereocenters. The average Bonchev–Trinajstić information content (AvgIpc) is 3.16. The van der Waals surface area contributed by atoms with Crippen LogP contribution in [0.15, 0.2) is 71.1 Å². The third-order valence-electron chi connectivity index (χ3n) is 5.01. The number of furan rings is 1. The van der Waals surface area contributed by atoms with Crippen LogP contribution in [0.5, 0.6) is 5.75 Å². The number of halogens is 1. The molecule has 0 aliphatic heterocycles. The van der Waals surface area contributed by atoms with Crippen molar-refractivity contribution >= 4 is 39.8 Å². The van der Waals surface area contributed by atoms with Gasteiger partial charge in [0.1, 0.15) is 11.3 Å². The lowest BCUT2D eigenvalue weighted by molar-refractivity contribution is 0.0997. The Morgan fingerprint density at radius 3 is 2.42 bits per heavy atom. The van der Waals surface area contributed by atoms with E-state index < -0.39 is 0 Å². The smallest absolute Gasteiger partial charge is 0.230 e. The second-order valence-corrected chi connectivity index (χ2v) is 7.53. The Bertz CT molecular complexity index is 1270. The Labute approximate surface area is 184 Å². The predicted molar refractivity (Wildman–Crippen MR) is 122 cm³/mol. The lowest BCUT2D eigenvalue weighted by Crippen LogP contribution is -2.15. The Morgan fingerprint density at radius 2 is 1.71 bits per heavy atom. The first-order valence-corrected chi connectivity index (χ1v) is 10.1. The summed E-state index contributed by atoms with van der Waals surface area (Å²) in [7, 11) is 1.51. The molecule has 0 saturated heterocycles. The van der Waals surface area contributed by atoms with Gasteiger partial charge in [-0.25, -0.2) is 0 Å². The summed E-state index contributed by atoms with van der Waals surface area (Å²) >= 11 is 6.19. The zero-order valence-corrected chi connectivity index (χ0v) is 17.8. The number of benzene rings is 3. The molecule has 0 fully saturated rings. The van der Waals surface area contributed by atoms with Crippen molar-refractivity contribution in [1.82, 2.24) is 0 Å². The van der Waals surface area contributed by atoms with Gasteiger partial charge in [0.15, 0.2) is 11.5 Å². The van der Waals surface area contributed by atoms with Gasteiger partial charge < -0.3 is 14.5 Å². The normalized spacial score (nSPS) is 10.8. The van der Waals surface area contributed by atoms with Crippen LogP contribution in [0.1, 0.15) is 32.0 Å². The van der Waals surface area contributed by atoms with Crippen LogP contribution in [-0.2, 0) is 0 Å². The highest BCUT2D eigenvalue weighted by molar-refractivity contribution is 6.32. The van der Waals surface area contributed by atoms with Gasteiger partial charge >= 0.3 is 0 Å². The molecule has 0 saturated carbocycles. The predicted octanol–water partition coefficient (Wildman–Crippen LogP) is 5.93. The van der Waals surface area contributed by atoms with Crippen molar-refractivity contribution in [2.24, 2.45) is 0 Å². The maximum absolute atomic E-state index is 13.2. The molecule has 0 amide bonds. The number of ketones is 2. The minimum Gasteiger partial charge on any atom is -0.495 e. The number of para-hydroxylation sites is 1. The molecule has 4 aromatic rings. The minimum absolute atomic E-state index is 0.0240. The fourth-order valence-electron chi connectivity index (χ4n) is 3.33. The van der Waals surface area contributed by atoms with Gasteiger partial charge in [0.25, 0.3) is 0 Å². The number of carbonyl (C=O) groups is 2. The monoisotopic (exact) mass is 433 g/mol. The number of fused-ring (bicyclic) bond motifs is 1. The van der Waals surface area contributed by atoms with Crippen LogP contribution in [0, 0.1) is 6.92 Å². The van der Waals surface area contributed by atoms with E-state index in [4.69, 9.17) is 20.8 Å². The summed E-state index contributed by atoms with van der Waals surface area (Å²) in [5, 5.41) is 4.17. The molecule has 5 nitrogen and oxygen atoms in total. The summed E-state index contributed by atoms with van der Waals surface area (Å²) in [5.41, 5.74) is 3.07. The third kappa shape index (κ3) is 4.18. The number of aryl methyl sites for hydroxylation is 1. The summed E-state index contributed by atoms with van der Waals surface area (Å²) in [6, 6.07) is 19.5. The fourth-order valence-corrected chi connectivity index (χ4v) is 3.59. The van der Waals surface area contributed by atoms with Crippen LogP contribution < -0.4 is 10.1 Å². The summed E-state index contributed by atoms with van der Waals surface area (Å²) in [5.74, 6) is 0.172. The number of anilines is 1. The second-order valence-electron chi connectivity index (χ2n) is 7.12. The Hall–Kier alpha value is -3.57. The number of ether oxygens (including phenoxy) is 1. The summed E-state index contributed by atoms with van der Waals surface area (Å²) in [6.07, 6.45) is 0. The molecule has 4 rings (SSSR count). The van der Waals surface area contributed by atoms with Gasteiger partial charge in [-0.1, -0.05) is 53.6 Å². The molecular weight excluding hydrogens is 414 g/mol. The number of Topliss-reactive ketones (excluding diaryl/α,β-unsaturated/α-hetero) is 1. The molecule has 0 radical (unpaired) electrons. The van der Waals surface area contributed by atoms with Crippen molar-refractivity contribution in [3.63, 3.8) is 0 Å². The molecule has 1 N–H and O–H groups in total. The molecule has 156 valence electrons. The van der Waals surface area contributed by atoms with Gasteiger partial charge in [-0.3, -0.25) is 9.59 Å². The van der Waals surface area contributed by atoms with Gasteiger partial charge in [-0.15, -0.1) is 0 Å². The molecule has 0 aliphatic rings. The van der Waals surface area contributed by atoms with E-state index >= 15 is 0 Å². The largest absolute Gasteiger partial charge is 0.495 e.